The molecule has 1 saturated heterocycles. The molecular weight excluding hydrogens is 388 g/mol. The maximum Gasteiger partial charge on any atom is 0.407 e. The lowest BCUT2D eigenvalue weighted by Gasteiger charge is -2.33. The van der Waals surface area contributed by atoms with Crippen molar-refractivity contribution in [3.63, 3.8) is 0 Å². The first kappa shape index (κ1) is 21.1. The van der Waals surface area contributed by atoms with Gasteiger partial charge in [0.2, 0.25) is 5.95 Å². The van der Waals surface area contributed by atoms with E-state index in [1.165, 1.54) is 10.8 Å². The van der Waals surface area contributed by atoms with Crippen molar-refractivity contribution in [1.29, 1.82) is 0 Å². The molecule has 31 heavy (non-hydrogen) atoms. The number of rotatable bonds is 4. The number of alkyl carbamates (subject to hydrolysis) is 1. The number of anilines is 1. The van der Waals surface area contributed by atoms with Crippen molar-refractivity contribution in [2.75, 3.05) is 24.5 Å². The van der Waals surface area contributed by atoms with Gasteiger partial charge in [0.25, 0.3) is 0 Å². The molecule has 0 bridgehead atoms. The molecule has 0 spiro atoms. The van der Waals surface area contributed by atoms with E-state index in [1.807, 2.05) is 33.0 Å². The van der Waals surface area contributed by atoms with Gasteiger partial charge in [-0.2, -0.15) is 0 Å². The molecule has 1 aliphatic heterocycles. The summed E-state index contributed by atoms with van der Waals surface area (Å²) in [5.74, 6) is 1.09. The Morgan fingerprint density at radius 1 is 1.16 bits per heavy atom. The summed E-state index contributed by atoms with van der Waals surface area (Å²) >= 11 is 0. The molecule has 1 aliphatic rings. The molecular formula is C25H30N4O2. The summed E-state index contributed by atoms with van der Waals surface area (Å²) in [5.41, 5.74) is 1.52. The second-order valence-corrected chi connectivity index (χ2v) is 9.14. The number of aromatic nitrogens is 2. The highest BCUT2D eigenvalue weighted by Crippen LogP contribution is 2.26. The number of carbonyl (C=O) groups is 1. The molecule has 1 N–H and O–H groups in total. The smallest absolute Gasteiger partial charge is 0.407 e. The van der Waals surface area contributed by atoms with Crippen LogP contribution in [0.15, 0.2) is 54.7 Å². The van der Waals surface area contributed by atoms with Crippen LogP contribution in [0.1, 0.15) is 33.6 Å². The predicted octanol–water partition coefficient (Wildman–Crippen LogP) is 5.04. The Labute approximate surface area is 183 Å². The van der Waals surface area contributed by atoms with Gasteiger partial charge < -0.3 is 15.0 Å². The van der Waals surface area contributed by atoms with Crippen LogP contribution in [-0.2, 0) is 4.74 Å². The number of benzene rings is 2. The Kier molecular flexibility index (Phi) is 6.07. The van der Waals surface area contributed by atoms with E-state index in [4.69, 9.17) is 9.72 Å². The third kappa shape index (κ3) is 5.51. The van der Waals surface area contributed by atoms with Crippen LogP contribution in [0.2, 0.25) is 0 Å². The average Bonchev–Trinajstić information content (AvgIpc) is 2.76. The summed E-state index contributed by atoms with van der Waals surface area (Å²) in [6.07, 6.45) is 3.58. The summed E-state index contributed by atoms with van der Waals surface area (Å²) in [4.78, 5) is 23.6. The van der Waals surface area contributed by atoms with Crippen molar-refractivity contribution in [3.05, 3.63) is 54.7 Å². The van der Waals surface area contributed by atoms with Crippen molar-refractivity contribution >= 4 is 22.8 Å². The van der Waals surface area contributed by atoms with E-state index in [0.717, 1.165) is 43.1 Å². The molecule has 2 heterocycles. The van der Waals surface area contributed by atoms with Crippen LogP contribution < -0.4 is 10.2 Å². The van der Waals surface area contributed by atoms with Gasteiger partial charge >= 0.3 is 6.09 Å². The highest BCUT2D eigenvalue weighted by atomic mass is 16.6. The van der Waals surface area contributed by atoms with E-state index >= 15 is 0 Å². The molecule has 1 amide bonds. The Morgan fingerprint density at radius 2 is 1.97 bits per heavy atom. The van der Waals surface area contributed by atoms with Crippen molar-refractivity contribution in [3.8, 4) is 11.3 Å². The molecule has 1 fully saturated rings. The third-order valence-electron chi connectivity index (χ3n) is 5.42. The standard InChI is InChI=1S/C25H30N4O2/c1-25(2,3)31-24(30)27-16-18-7-6-14-29(17-18)23-26-13-12-22(28-23)21-11-10-19-8-4-5-9-20(19)15-21/h4-5,8-13,15,18H,6-7,14,16-17H2,1-3H3,(H,27,30). The molecule has 0 saturated carbocycles. The SMILES string of the molecule is CC(C)(C)OC(=O)NCC1CCCN(c2nccc(-c3ccc4ccccc4c3)n2)C1. The molecule has 3 aromatic rings. The van der Waals surface area contributed by atoms with Gasteiger partial charge in [0.15, 0.2) is 0 Å². The monoisotopic (exact) mass is 418 g/mol. The average molecular weight is 419 g/mol. The predicted molar refractivity (Wildman–Crippen MR) is 124 cm³/mol. The fraction of sp³-hybridized carbons (Fsp3) is 0.400. The van der Waals surface area contributed by atoms with Gasteiger partial charge in [0.1, 0.15) is 5.60 Å². The fourth-order valence-corrected chi connectivity index (χ4v) is 3.97. The highest BCUT2D eigenvalue weighted by molar-refractivity contribution is 5.86. The number of nitrogens with one attached hydrogen (secondary N) is 1. The second-order valence-electron chi connectivity index (χ2n) is 9.14. The quantitative estimate of drug-likeness (QED) is 0.643. The van der Waals surface area contributed by atoms with Gasteiger partial charge in [-0.1, -0.05) is 36.4 Å². The van der Waals surface area contributed by atoms with E-state index < -0.39 is 5.60 Å². The van der Waals surface area contributed by atoms with Gasteiger partial charge in [-0.15, -0.1) is 0 Å². The van der Waals surface area contributed by atoms with Gasteiger partial charge in [0, 0.05) is 31.4 Å². The first-order valence-corrected chi connectivity index (χ1v) is 10.9. The first-order chi connectivity index (χ1) is 14.9. The molecule has 6 nitrogen and oxygen atoms in total. The molecule has 1 aromatic heterocycles. The minimum atomic E-state index is -0.486. The lowest BCUT2D eigenvalue weighted by molar-refractivity contribution is 0.0517. The molecule has 162 valence electrons. The maximum absolute atomic E-state index is 12.0. The van der Waals surface area contributed by atoms with Crippen LogP contribution in [0.4, 0.5) is 10.7 Å². The summed E-state index contributed by atoms with van der Waals surface area (Å²) in [7, 11) is 0. The molecule has 0 aliphatic carbocycles. The van der Waals surface area contributed by atoms with Crippen molar-refractivity contribution in [1.82, 2.24) is 15.3 Å². The zero-order valence-electron chi connectivity index (χ0n) is 18.5. The number of piperidine rings is 1. The van der Waals surface area contributed by atoms with Crippen molar-refractivity contribution in [2.24, 2.45) is 5.92 Å². The summed E-state index contributed by atoms with van der Waals surface area (Å²) < 4.78 is 5.35. The normalized spacial score (nSPS) is 16.9. The molecule has 1 unspecified atom stereocenters. The van der Waals surface area contributed by atoms with Crippen LogP contribution in [0.3, 0.4) is 0 Å². The lowest BCUT2D eigenvalue weighted by atomic mass is 9.98. The van der Waals surface area contributed by atoms with Crippen LogP contribution in [-0.4, -0.2) is 41.3 Å². The number of hydrogen-bond donors (Lipinski definition) is 1. The molecule has 4 rings (SSSR count). The molecule has 6 heteroatoms. The summed E-state index contributed by atoms with van der Waals surface area (Å²) in [6, 6.07) is 16.7. The van der Waals surface area contributed by atoms with E-state index in [1.54, 1.807) is 0 Å². The maximum atomic E-state index is 12.0. The Bertz CT molecular complexity index is 1060. The summed E-state index contributed by atoms with van der Waals surface area (Å²) in [5, 5.41) is 5.33. The zero-order chi connectivity index (χ0) is 21.8. The van der Waals surface area contributed by atoms with Crippen molar-refractivity contribution in [2.45, 2.75) is 39.2 Å². The van der Waals surface area contributed by atoms with Crippen LogP contribution in [0, 0.1) is 5.92 Å². The van der Waals surface area contributed by atoms with E-state index in [0.29, 0.717) is 12.5 Å². The zero-order valence-corrected chi connectivity index (χ0v) is 18.5. The Balaban J connectivity index is 1.44. The molecule has 2 aromatic carbocycles. The van der Waals surface area contributed by atoms with Gasteiger partial charge in [-0.25, -0.2) is 14.8 Å². The van der Waals surface area contributed by atoms with Crippen LogP contribution >= 0.6 is 0 Å². The number of ether oxygens (including phenoxy) is 1. The second kappa shape index (κ2) is 8.92. The number of nitrogens with zero attached hydrogens (tertiary/aromatic N) is 3. The summed E-state index contributed by atoms with van der Waals surface area (Å²) in [6.45, 7) is 7.94. The van der Waals surface area contributed by atoms with Crippen molar-refractivity contribution < 1.29 is 9.53 Å². The van der Waals surface area contributed by atoms with Gasteiger partial charge in [-0.05, 0) is 62.4 Å². The molecule has 1 atom stereocenters. The highest BCUT2D eigenvalue weighted by Gasteiger charge is 2.24. The lowest BCUT2D eigenvalue weighted by Crippen LogP contribution is -2.42. The fourth-order valence-electron chi connectivity index (χ4n) is 3.97. The first-order valence-electron chi connectivity index (χ1n) is 10.9. The minimum Gasteiger partial charge on any atom is -0.444 e. The number of fused-ring (bicyclic) bond motifs is 1. The largest absolute Gasteiger partial charge is 0.444 e. The number of hydrogen-bond acceptors (Lipinski definition) is 5. The topological polar surface area (TPSA) is 67.3 Å². The molecule has 0 radical (unpaired) electrons. The number of amides is 1. The van der Waals surface area contributed by atoms with Crippen LogP contribution in [0.25, 0.3) is 22.0 Å². The van der Waals surface area contributed by atoms with E-state index in [9.17, 15) is 4.79 Å². The minimum absolute atomic E-state index is 0.342. The van der Waals surface area contributed by atoms with Gasteiger partial charge in [0.05, 0.1) is 5.69 Å². The van der Waals surface area contributed by atoms with Crippen LogP contribution in [0.5, 0.6) is 0 Å². The van der Waals surface area contributed by atoms with E-state index in [-0.39, 0.29) is 6.09 Å². The Morgan fingerprint density at radius 3 is 2.77 bits per heavy atom. The third-order valence-corrected chi connectivity index (χ3v) is 5.42. The Hall–Kier alpha value is -3.15. The van der Waals surface area contributed by atoms with E-state index in [2.05, 4.69) is 57.7 Å². The van der Waals surface area contributed by atoms with Gasteiger partial charge in [-0.3, -0.25) is 0 Å². The number of carbonyl (C=O) groups excluding carboxylic acids is 1.